The number of hydrogen-bond donors (Lipinski definition) is 1. The van der Waals surface area contributed by atoms with E-state index in [0.717, 1.165) is 42.1 Å². The van der Waals surface area contributed by atoms with Crippen molar-refractivity contribution >= 4 is 11.7 Å². The molecule has 0 aromatic carbocycles. The lowest BCUT2D eigenvalue weighted by molar-refractivity contribution is -0.923. The van der Waals surface area contributed by atoms with Crippen molar-refractivity contribution in [1.82, 2.24) is 5.06 Å². The van der Waals surface area contributed by atoms with Crippen LogP contribution in [0.15, 0.2) is 0 Å². The van der Waals surface area contributed by atoms with Crippen molar-refractivity contribution in [3.05, 3.63) is 0 Å². The largest absolute Gasteiger partial charge is 0.324 e. The van der Waals surface area contributed by atoms with Crippen LogP contribution in [0.3, 0.4) is 0 Å². The van der Waals surface area contributed by atoms with E-state index in [1.165, 1.54) is 6.92 Å². The van der Waals surface area contributed by atoms with E-state index in [0.29, 0.717) is 6.54 Å². The summed E-state index contributed by atoms with van der Waals surface area (Å²) in [7, 11) is 0. The molecule has 0 aromatic rings. The van der Waals surface area contributed by atoms with E-state index in [2.05, 4.69) is 20.8 Å². The predicted octanol–water partition coefficient (Wildman–Crippen LogP) is 2.87. The van der Waals surface area contributed by atoms with Crippen LogP contribution in [-0.2, 0) is 9.59 Å². The fourth-order valence-corrected chi connectivity index (χ4v) is 2.24. The number of amides is 1. The summed E-state index contributed by atoms with van der Waals surface area (Å²) in [6, 6.07) is 0. The van der Waals surface area contributed by atoms with Gasteiger partial charge in [-0.05, 0) is 27.7 Å². The van der Waals surface area contributed by atoms with Gasteiger partial charge >= 0.3 is 0 Å². The zero-order valence-electron chi connectivity index (χ0n) is 14.8. The van der Waals surface area contributed by atoms with Crippen LogP contribution in [0.5, 0.6) is 0 Å². The lowest BCUT2D eigenvalue weighted by Crippen LogP contribution is -2.49. The second-order valence-corrected chi connectivity index (χ2v) is 5.09. The summed E-state index contributed by atoms with van der Waals surface area (Å²) in [5, 5.41) is 10.4. The Labute approximate surface area is 130 Å². The molecular weight excluding hydrogens is 268 g/mol. The number of quaternary nitrogens is 1. The van der Waals surface area contributed by atoms with Crippen LogP contribution in [0, 0.1) is 0 Å². The van der Waals surface area contributed by atoms with Crippen LogP contribution in [0.2, 0.25) is 0 Å². The molecule has 0 rings (SSSR count). The number of rotatable bonds is 10. The van der Waals surface area contributed by atoms with Crippen molar-refractivity contribution in [2.45, 2.75) is 60.8 Å². The topological polar surface area (TPSA) is 57.6 Å². The normalized spacial score (nSPS) is 10.6. The van der Waals surface area contributed by atoms with Gasteiger partial charge in [0.1, 0.15) is 5.78 Å². The second kappa shape index (κ2) is 12.8. The Morgan fingerprint density at radius 3 is 1.86 bits per heavy atom. The van der Waals surface area contributed by atoms with Gasteiger partial charge in [-0.15, -0.1) is 0 Å². The number of nitrogens with zero attached hydrogens (tertiary/aromatic N) is 2. The van der Waals surface area contributed by atoms with Crippen LogP contribution in [0.25, 0.3) is 0 Å². The first-order valence-electron chi connectivity index (χ1n) is 8.24. The van der Waals surface area contributed by atoms with E-state index in [1.54, 1.807) is 0 Å². The molecule has 0 bridgehead atoms. The molecule has 126 valence electrons. The third-order valence-corrected chi connectivity index (χ3v) is 3.99. The standard InChI is InChI=1S/C14H29N2O3.C2H6/c1-5-16(6-2,7-3)12-8-11-15(19)14(18)10-9-13(4)17;1-2/h19H,5-12H2,1-4H3;1-2H3/q+1;. The first-order valence-corrected chi connectivity index (χ1v) is 8.24. The van der Waals surface area contributed by atoms with Gasteiger partial charge in [0, 0.05) is 19.3 Å². The van der Waals surface area contributed by atoms with Crippen LogP contribution in [-0.4, -0.2) is 59.2 Å². The summed E-state index contributed by atoms with van der Waals surface area (Å²) in [5.74, 6) is -0.391. The molecule has 0 radical (unpaired) electrons. The minimum atomic E-state index is -0.363. The van der Waals surface area contributed by atoms with Crippen molar-refractivity contribution in [2.24, 2.45) is 0 Å². The highest BCUT2D eigenvalue weighted by molar-refractivity contribution is 5.82. The fourth-order valence-electron chi connectivity index (χ4n) is 2.24. The maximum Gasteiger partial charge on any atom is 0.246 e. The molecule has 0 fully saturated rings. The monoisotopic (exact) mass is 303 g/mol. The number of hydroxylamine groups is 2. The molecule has 0 aliphatic rings. The maximum absolute atomic E-state index is 11.5. The van der Waals surface area contributed by atoms with Gasteiger partial charge < -0.3 is 9.28 Å². The summed E-state index contributed by atoms with van der Waals surface area (Å²) >= 11 is 0. The molecule has 1 amide bonds. The van der Waals surface area contributed by atoms with Gasteiger partial charge in [0.2, 0.25) is 5.91 Å². The van der Waals surface area contributed by atoms with Gasteiger partial charge in [-0.2, -0.15) is 0 Å². The van der Waals surface area contributed by atoms with Crippen molar-refractivity contribution in [3.8, 4) is 0 Å². The fraction of sp³-hybridized carbons (Fsp3) is 0.875. The molecule has 0 aliphatic carbocycles. The lowest BCUT2D eigenvalue weighted by Gasteiger charge is -2.36. The van der Waals surface area contributed by atoms with Crippen molar-refractivity contribution in [3.63, 3.8) is 0 Å². The number of ketones is 1. The molecule has 0 saturated heterocycles. The average molecular weight is 303 g/mol. The average Bonchev–Trinajstić information content (AvgIpc) is 2.51. The highest BCUT2D eigenvalue weighted by atomic mass is 16.5. The number of carbonyl (C=O) groups is 2. The summed E-state index contributed by atoms with van der Waals surface area (Å²) in [4.78, 5) is 22.3. The van der Waals surface area contributed by atoms with Gasteiger partial charge in [-0.1, -0.05) is 13.8 Å². The summed E-state index contributed by atoms with van der Waals surface area (Å²) in [6.07, 6.45) is 1.08. The van der Waals surface area contributed by atoms with E-state index in [4.69, 9.17) is 0 Å². The quantitative estimate of drug-likeness (QED) is 0.383. The molecule has 5 heteroatoms. The smallest absolute Gasteiger partial charge is 0.246 e. The molecular formula is C16H35N2O3+. The first kappa shape index (κ1) is 22.3. The number of Topliss-reactive ketones (excluding diaryl/α,β-unsaturated/α-hetero) is 1. The summed E-state index contributed by atoms with van der Waals surface area (Å²) in [6.45, 7) is 16.5. The summed E-state index contributed by atoms with van der Waals surface area (Å²) in [5.41, 5.74) is 0. The van der Waals surface area contributed by atoms with Crippen LogP contribution in [0.4, 0.5) is 0 Å². The molecule has 0 heterocycles. The third-order valence-electron chi connectivity index (χ3n) is 3.99. The van der Waals surface area contributed by atoms with Crippen molar-refractivity contribution < 1.29 is 19.3 Å². The molecule has 0 aliphatic heterocycles. The molecule has 0 unspecified atom stereocenters. The predicted molar refractivity (Wildman–Crippen MR) is 86.1 cm³/mol. The Bertz CT molecular complexity index is 281. The van der Waals surface area contributed by atoms with E-state index >= 15 is 0 Å². The molecule has 1 N–H and O–H groups in total. The van der Waals surface area contributed by atoms with Crippen molar-refractivity contribution in [2.75, 3.05) is 32.7 Å². The molecule has 0 saturated carbocycles. The van der Waals surface area contributed by atoms with Crippen LogP contribution in [0.1, 0.15) is 60.8 Å². The highest BCUT2D eigenvalue weighted by Crippen LogP contribution is 2.08. The Hall–Kier alpha value is -0.940. The van der Waals surface area contributed by atoms with Gasteiger partial charge in [0.05, 0.1) is 32.7 Å². The number of hydrogen-bond acceptors (Lipinski definition) is 3. The molecule has 21 heavy (non-hydrogen) atoms. The van der Waals surface area contributed by atoms with E-state index in [-0.39, 0.29) is 24.5 Å². The molecule has 0 spiro atoms. The van der Waals surface area contributed by atoms with E-state index < -0.39 is 0 Å². The zero-order chi connectivity index (χ0) is 16.9. The SMILES string of the molecule is CC.CC[N+](CC)(CC)CCCN(O)C(=O)CCC(C)=O. The Balaban J connectivity index is 0. The Kier molecular flexibility index (Phi) is 13.6. The van der Waals surface area contributed by atoms with Crippen LogP contribution >= 0.6 is 0 Å². The third kappa shape index (κ3) is 9.58. The Morgan fingerprint density at radius 2 is 1.48 bits per heavy atom. The van der Waals surface area contributed by atoms with Gasteiger partial charge in [0.25, 0.3) is 0 Å². The van der Waals surface area contributed by atoms with Crippen LogP contribution < -0.4 is 0 Å². The minimum Gasteiger partial charge on any atom is -0.324 e. The first-order chi connectivity index (χ1) is 9.90. The molecule has 0 aromatic heterocycles. The van der Waals surface area contributed by atoms with E-state index in [1.807, 2.05) is 13.8 Å². The zero-order valence-corrected chi connectivity index (χ0v) is 14.8. The van der Waals surface area contributed by atoms with E-state index in [9.17, 15) is 14.8 Å². The summed E-state index contributed by atoms with van der Waals surface area (Å²) < 4.78 is 1.01. The van der Waals surface area contributed by atoms with Crippen molar-refractivity contribution in [1.29, 1.82) is 0 Å². The minimum absolute atomic E-state index is 0.0274. The lowest BCUT2D eigenvalue weighted by atomic mass is 10.2. The molecule has 0 atom stereocenters. The maximum atomic E-state index is 11.5. The Morgan fingerprint density at radius 1 is 1.00 bits per heavy atom. The number of carbonyl (C=O) groups excluding carboxylic acids is 2. The highest BCUT2D eigenvalue weighted by Gasteiger charge is 2.21. The van der Waals surface area contributed by atoms with Gasteiger partial charge in [-0.3, -0.25) is 10.0 Å². The molecule has 5 nitrogen and oxygen atoms in total. The van der Waals surface area contributed by atoms with Gasteiger partial charge in [-0.25, -0.2) is 5.06 Å². The van der Waals surface area contributed by atoms with Gasteiger partial charge in [0.15, 0.2) is 0 Å². The second-order valence-electron chi connectivity index (χ2n) is 5.09.